The monoisotopic (exact) mass is 295 g/mol. The first kappa shape index (κ1) is 14.0. The smallest absolute Gasteiger partial charge is 0.247 e. The molecule has 21 heavy (non-hydrogen) atoms. The van der Waals surface area contributed by atoms with Crippen molar-refractivity contribution in [3.8, 4) is 5.88 Å². The van der Waals surface area contributed by atoms with E-state index >= 15 is 0 Å². The van der Waals surface area contributed by atoms with Gasteiger partial charge >= 0.3 is 0 Å². The highest BCUT2D eigenvalue weighted by molar-refractivity contribution is 5.77. The number of aliphatic hydroxyl groups excluding tert-OH is 2. The molecule has 3 rings (SSSR count). The number of nitrogens with zero attached hydrogens (tertiary/aromatic N) is 4. The molecule has 9 heteroatoms. The van der Waals surface area contributed by atoms with E-state index < -0.39 is 18.4 Å². The number of hydrogen-bond donors (Lipinski definition) is 3. The molecule has 3 unspecified atom stereocenters. The second-order valence-electron chi connectivity index (χ2n) is 4.78. The zero-order chi connectivity index (χ0) is 15.0. The van der Waals surface area contributed by atoms with Crippen molar-refractivity contribution in [2.24, 2.45) is 0 Å². The van der Waals surface area contributed by atoms with Gasteiger partial charge in [-0.1, -0.05) is 0 Å². The van der Waals surface area contributed by atoms with Crippen LogP contribution >= 0.6 is 0 Å². The van der Waals surface area contributed by atoms with E-state index in [4.69, 9.17) is 20.3 Å². The van der Waals surface area contributed by atoms with Gasteiger partial charge in [0.15, 0.2) is 17.4 Å². The van der Waals surface area contributed by atoms with E-state index in [0.29, 0.717) is 30.1 Å². The van der Waals surface area contributed by atoms with E-state index in [9.17, 15) is 5.11 Å². The third kappa shape index (κ3) is 2.39. The molecule has 0 aromatic carbocycles. The summed E-state index contributed by atoms with van der Waals surface area (Å²) in [7, 11) is 0. The van der Waals surface area contributed by atoms with Gasteiger partial charge in [-0.15, -0.1) is 0 Å². The maximum absolute atomic E-state index is 10.1. The van der Waals surface area contributed by atoms with Crippen molar-refractivity contribution in [1.82, 2.24) is 19.5 Å². The van der Waals surface area contributed by atoms with Crippen molar-refractivity contribution in [1.29, 1.82) is 0 Å². The molecule has 1 aliphatic rings. The molecule has 2 aromatic rings. The number of aromatic nitrogens is 4. The third-order valence-corrected chi connectivity index (χ3v) is 3.33. The van der Waals surface area contributed by atoms with Crippen LogP contribution in [0.15, 0.2) is 6.33 Å². The molecule has 3 heterocycles. The molecule has 0 spiro atoms. The van der Waals surface area contributed by atoms with Crippen LogP contribution in [-0.4, -0.2) is 55.2 Å². The number of nitrogens with two attached hydrogens (primary N) is 1. The largest absolute Gasteiger partial charge is 0.476 e. The Hall–Kier alpha value is -1.97. The van der Waals surface area contributed by atoms with Crippen molar-refractivity contribution < 1.29 is 19.7 Å². The van der Waals surface area contributed by atoms with Gasteiger partial charge in [-0.2, -0.15) is 9.97 Å². The summed E-state index contributed by atoms with van der Waals surface area (Å²) in [5, 5.41) is 19.2. The Bertz CT molecular complexity index is 646. The summed E-state index contributed by atoms with van der Waals surface area (Å²) in [6.07, 6.45) is 0.00416. The van der Waals surface area contributed by atoms with Gasteiger partial charge in [0.1, 0.15) is 6.10 Å². The topological polar surface area (TPSA) is 129 Å². The zero-order valence-corrected chi connectivity index (χ0v) is 11.5. The Morgan fingerprint density at radius 1 is 1.52 bits per heavy atom. The Morgan fingerprint density at radius 3 is 3.00 bits per heavy atom. The Kier molecular flexibility index (Phi) is 3.62. The minimum atomic E-state index is -0.758. The average Bonchev–Trinajstić information content (AvgIpc) is 3.02. The number of fused-ring (bicyclic) bond motifs is 1. The van der Waals surface area contributed by atoms with Crippen LogP contribution in [0, 0.1) is 0 Å². The van der Waals surface area contributed by atoms with Gasteiger partial charge in [0.05, 0.1) is 25.6 Å². The van der Waals surface area contributed by atoms with Gasteiger partial charge in [0.25, 0.3) is 0 Å². The van der Waals surface area contributed by atoms with Gasteiger partial charge in [0.2, 0.25) is 11.8 Å². The minimum Gasteiger partial charge on any atom is -0.476 e. The lowest BCUT2D eigenvalue weighted by atomic mass is 10.2. The van der Waals surface area contributed by atoms with E-state index in [1.807, 2.05) is 6.92 Å². The minimum absolute atomic E-state index is 0.0545. The van der Waals surface area contributed by atoms with Crippen molar-refractivity contribution in [2.75, 3.05) is 18.9 Å². The zero-order valence-electron chi connectivity index (χ0n) is 11.5. The molecule has 1 saturated heterocycles. The summed E-state index contributed by atoms with van der Waals surface area (Å²) in [5.74, 6) is 0.351. The van der Waals surface area contributed by atoms with Gasteiger partial charge in [-0.05, 0) is 6.92 Å². The fourth-order valence-corrected chi connectivity index (χ4v) is 2.43. The lowest BCUT2D eigenvalue weighted by Crippen LogP contribution is -2.19. The summed E-state index contributed by atoms with van der Waals surface area (Å²) in [6.45, 7) is 2.10. The van der Waals surface area contributed by atoms with E-state index in [1.54, 1.807) is 4.57 Å². The second kappa shape index (κ2) is 5.43. The van der Waals surface area contributed by atoms with Crippen molar-refractivity contribution >= 4 is 17.1 Å². The van der Waals surface area contributed by atoms with Crippen LogP contribution in [0.5, 0.6) is 5.88 Å². The van der Waals surface area contributed by atoms with Crippen LogP contribution in [-0.2, 0) is 4.74 Å². The number of anilines is 1. The highest BCUT2D eigenvalue weighted by Gasteiger charge is 2.36. The number of ether oxygens (including phenoxy) is 2. The van der Waals surface area contributed by atoms with Gasteiger partial charge in [-0.3, -0.25) is 4.57 Å². The van der Waals surface area contributed by atoms with Crippen LogP contribution in [0.1, 0.15) is 19.6 Å². The molecule has 2 aromatic heterocycles. The van der Waals surface area contributed by atoms with Crippen LogP contribution in [0.25, 0.3) is 11.2 Å². The SMILES string of the molecule is CCOc1nc(N)nc2c1ncn2C1OC(CO)CC1O. The van der Waals surface area contributed by atoms with Crippen molar-refractivity contribution in [3.05, 3.63) is 6.33 Å². The first-order chi connectivity index (χ1) is 10.1. The fourth-order valence-electron chi connectivity index (χ4n) is 2.43. The Morgan fingerprint density at radius 2 is 2.33 bits per heavy atom. The molecule has 3 atom stereocenters. The second-order valence-corrected chi connectivity index (χ2v) is 4.78. The van der Waals surface area contributed by atoms with Crippen LogP contribution < -0.4 is 10.5 Å². The predicted octanol–water partition coefficient (Wildman–Crippen LogP) is -0.552. The van der Waals surface area contributed by atoms with Crippen molar-refractivity contribution in [3.63, 3.8) is 0 Å². The number of rotatable bonds is 4. The molecule has 4 N–H and O–H groups in total. The molecule has 0 aliphatic carbocycles. The van der Waals surface area contributed by atoms with Crippen LogP contribution in [0.2, 0.25) is 0 Å². The quantitative estimate of drug-likeness (QED) is 0.685. The van der Waals surface area contributed by atoms with E-state index in [-0.39, 0.29) is 12.6 Å². The maximum atomic E-state index is 10.1. The Labute approximate surface area is 120 Å². The molecule has 9 nitrogen and oxygen atoms in total. The summed E-state index contributed by atoms with van der Waals surface area (Å²) in [4.78, 5) is 12.4. The maximum Gasteiger partial charge on any atom is 0.247 e. The van der Waals surface area contributed by atoms with Crippen LogP contribution in [0.3, 0.4) is 0 Å². The molecule has 1 aliphatic heterocycles. The van der Waals surface area contributed by atoms with Crippen LogP contribution in [0.4, 0.5) is 5.95 Å². The third-order valence-electron chi connectivity index (χ3n) is 3.33. The summed E-state index contributed by atoms with van der Waals surface area (Å²) < 4.78 is 12.6. The lowest BCUT2D eigenvalue weighted by Gasteiger charge is -2.16. The molecular weight excluding hydrogens is 278 g/mol. The van der Waals surface area contributed by atoms with E-state index in [0.717, 1.165) is 0 Å². The number of nitrogen functional groups attached to an aromatic ring is 1. The van der Waals surface area contributed by atoms with Gasteiger partial charge in [-0.25, -0.2) is 4.98 Å². The molecule has 0 bridgehead atoms. The summed E-state index contributed by atoms with van der Waals surface area (Å²) in [5.41, 5.74) is 6.56. The molecule has 0 radical (unpaired) electrons. The number of imidazole rings is 1. The van der Waals surface area contributed by atoms with Gasteiger partial charge in [0, 0.05) is 6.42 Å². The molecular formula is C12H17N5O4. The van der Waals surface area contributed by atoms with Crippen molar-refractivity contribution in [2.45, 2.75) is 31.8 Å². The highest BCUT2D eigenvalue weighted by atomic mass is 16.5. The average molecular weight is 295 g/mol. The predicted molar refractivity (Wildman–Crippen MR) is 72.5 cm³/mol. The molecule has 0 saturated carbocycles. The van der Waals surface area contributed by atoms with E-state index in [2.05, 4.69) is 15.0 Å². The highest BCUT2D eigenvalue weighted by Crippen LogP contribution is 2.32. The molecule has 1 fully saturated rings. The summed E-state index contributed by atoms with van der Waals surface area (Å²) in [6, 6.07) is 0. The normalized spacial score (nSPS) is 25.6. The number of hydrogen-bond acceptors (Lipinski definition) is 8. The molecule has 114 valence electrons. The lowest BCUT2D eigenvalue weighted by molar-refractivity contribution is -0.0486. The standard InChI is InChI=1S/C12H17N5O4/c1-2-20-10-8-9(15-12(13)16-10)17(5-14-8)11-7(19)3-6(4-18)21-11/h5-7,11,18-19H,2-4H2,1H3,(H2,13,15,16). The Balaban J connectivity index is 2.04. The molecule has 0 amide bonds. The summed E-state index contributed by atoms with van der Waals surface area (Å²) >= 11 is 0. The first-order valence-corrected chi connectivity index (χ1v) is 6.71. The first-order valence-electron chi connectivity index (χ1n) is 6.71. The number of aliphatic hydroxyl groups is 2. The fraction of sp³-hybridized carbons (Fsp3) is 0.583. The van der Waals surface area contributed by atoms with E-state index in [1.165, 1.54) is 6.33 Å². The van der Waals surface area contributed by atoms with Gasteiger partial charge < -0.3 is 25.4 Å².